The molecule has 0 radical (unpaired) electrons. The molecule has 0 fully saturated rings. The Hall–Kier alpha value is -4.66. The highest BCUT2D eigenvalue weighted by Crippen LogP contribution is 2.36. The third kappa shape index (κ3) is 5.02. The van der Waals surface area contributed by atoms with E-state index in [4.69, 9.17) is 0 Å². The molecule has 0 unspecified atom stereocenters. The number of aromatic nitrogens is 3. The van der Waals surface area contributed by atoms with Gasteiger partial charge in [-0.2, -0.15) is 13.2 Å². The molecular weight excluding hydrogens is 479 g/mol. The first-order valence-electron chi connectivity index (χ1n) is 11.4. The van der Waals surface area contributed by atoms with Gasteiger partial charge < -0.3 is 15.2 Å². The minimum absolute atomic E-state index is 0.0176. The van der Waals surface area contributed by atoms with E-state index >= 15 is 0 Å². The van der Waals surface area contributed by atoms with Crippen molar-refractivity contribution in [3.63, 3.8) is 0 Å². The first-order valence-corrected chi connectivity index (χ1v) is 11.4. The molecule has 0 saturated heterocycles. The lowest BCUT2D eigenvalue weighted by Crippen LogP contribution is -2.20. The van der Waals surface area contributed by atoms with Gasteiger partial charge in [0.1, 0.15) is 5.82 Å². The number of carbonyl (C=O) groups excluding carboxylic acids is 1. The Morgan fingerprint density at radius 2 is 1.65 bits per heavy atom. The SMILES string of the molecule is Cc1cn(-c2ccc(NC(=O)Nc3ccc(-c4cccc5cnccc45)cc3)cc2C(F)(F)F)c(C)n1. The van der Waals surface area contributed by atoms with Crippen molar-refractivity contribution in [2.75, 3.05) is 10.6 Å². The van der Waals surface area contributed by atoms with Crippen LogP contribution in [0.3, 0.4) is 0 Å². The number of fused-ring (bicyclic) bond motifs is 1. The van der Waals surface area contributed by atoms with E-state index in [1.54, 1.807) is 44.6 Å². The summed E-state index contributed by atoms with van der Waals surface area (Å²) in [6.07, 6.45) is 0.452. The molecule has 9 heteroatoms. The molecular formula is C28H22F3N5O. The van der Waals surface area contributed by atoms with Gasteiger partial charge in [0.2, 0.25) is 0 Å². The average Bonchev–Trinajstić information content (AvgIpc) is 3.21. The molecule has 3 aromatic carbocycles. The third-order valence-electron chi connectivity index (χ3n) is 5.96. The Balaban J connectivity index is 1.34. The van der Waals surface area contributed by atoms with Gasteiger partial charge in [-0.1, -0.05) is 30.3 Å². The highest BCUT2D eigenvalue weighted by molar-refractivity contribution is 6.00. The fourth-order valence-corrected chi connectivity index (χ4v) is 4.31. The fraction of sp³-hybridized carbons (Fsp3) is 0.107. The van der Waals surface area contributed by atoms with E-state index in [9.17, 15) is 18.0 Å². The van der Waals surface area contributed by atoms with Crippen LogP contribution in [0.2, 0.25) is 0 Å². The number of imidazole rings is 1. The standard InChI is InChI=1S/C28H22F3N5O/c1-17-16-36(18(2)33-17)26-11-10-22(14-25(26)28(29,30)31)35-27(37)34-21-8-6-19(7-9-21)23-5-3-4-20-15-32-13-12-24(20)23/h3-16H,1-2H3,(H2,34,35,37). The van der Waals surface area contributed by atoms with Crippen LogP contribution in [0.4, 0.5) is 29.3 Å². The summed E-state index contributed by atoms with van der Waals surface area (Å²) in [7, 11) is 0. The summed E-state index contributed by atoms with van der Waals surface area (Å²) in [4.78, 5) is 20.9. The molecule has 2 heterocycles. The molecule has 0 saturated carbocycles. The highest BCUT2D eigenvalue weighted by atomic mass is 19.4. The van der Waals surface area contributed by atoms with E-state index in [0.29, 0.717) is 17.2 Å². The molecule has 37 heavy (non-hydrogen) atoms. The largest absolute Gasteiger partial charge is 0.418 e. The Morgan fingerprint density at radius 1 is 0.919 bits per heavy atom. The predicted octanol–water partition coefficient (Wildman–Crippen LogP) is 7.37. The van der Waals surface area contributed by atoms with Gasteiger partial charge in [-0.05, 0) is 66.8 Å². The van der Waals surface area contributed by atoms with Crippen molar-refractivity contribution in [1.29, 1.82) is 0 Å². The second kappa shape index (κ2) is 9.42. The number of amides is 2. The van der Waals surface area contributed by atoms with Crippen LogP contribution in [0.1, 0.15) is 17.1 Å². The number of anilines is 2. The number of rotatable bonds is 4. The van der Waals surface area contributed by atoms with Crippen LogP contribution < -0.4 is 10.6 Å². The first kappa shape index (κ1) is 24.1. The van der Waals surface area contributed by atoms with E-state index < -0.39 is 17.8 Å². The zero-order valence-corrected chi connectivity index (χ0v) is 20.0. The van der Waals surface area contributed by atoms with Crippen molar-refractivity contribution in [1.82, 2.24) is 14.5 Å². The molecule has 0 spiro atoms. The number of carbonyl (C=O) groups is 1. The molecule has 0 aliphatic carbocycles. The van der Waals surface area contributed by atoms with E-state index in [1.165, 1.54) is 16.7 Å². The highest BCUT2D eigenvalue weighted by Gasteiger charge is 2.35. The molecule has 0 atom stereocenters. The molecule has 5 rings (SSSR count). The first-order chi connectivity index (χ1) is 17.7. The smallest absolute Gasteiger partial charge is 0.308 e. The van der Waals surface area contributed by atoms with Crippen LogP contribution >= 0.6 is 0 Å². The molecule has 6 nitrogen and oxygen atoms in total. The minimum atomic E-state index is -4.62. The van der Waals surface area contributed by atoms with Crippen molar-refractivity contribution >= 4 is 28.2 Å². The zero-order chi connectivity index (χ0) is 26.2. The molecule has 0 aliphatic rings. The van der Waals surface area contributed by atoms with Crippen molar-refractivity contribution in [2.45, 2.75) is 20.0 Å². The maximum atomic E-state index is 13.8. The van der Waals surface area contributed by atoms with Crippen molar-refractivity contribution < 1.29 is 18.0 Å². The van der Waals surface area contributed by atoms with E-state index in [0.717, 1.165) is 28.0 Å². The maximum absolute atomic E-state index is 13.8. The number of aryl methyl sites for hydroxylation is 2. The van der Waals surface area contributed by atoms with E-state index in [-0.39, 0.29) is 11.4 Å². The number of alkyl halides is 3. The van der Waals surface area contributed by atoms with Crippen LogP contribution in [-0.2, 0) is 6.18 Å². The van der Waals surface area contributed by atoms with Gasteiger partial charge in [-0.15, -0.1) is 0 Å². The topological polar surface area (TPSA) is 71.8 Å². The fourth-order valence-electron chi connectivity index (χ4n) is 4.31. The number of halogens is 3. The summed E-state index contributed by atoms with van der Waals surface area (Å²) in [6, 6.07) is 18.1. The number of nitrogens with one attached hydrogen (secondary N) is 2. The third-order valence-corrected chi connectivity index (χ3v) is 5.96. The second-order valence-electron chi connectivity index (χ2n) is 8.59. The van der Waals surface area contributed by atoms with Gasteiger partial charge in [0.05, 0.1) is 16.9 Å². The van der Waals surface area contributed by atoms with Gasteiger partial charge in [-0.3, -0.25) is 4.98 Å². The molecule has 2 aromatic heterocycles. The summed E-state index contributed by atoms with van der Waals surface area (Å²) >= 11 is 0. The van der Waals surface area contributed by atoms with Gasteiger partial charge in [-0.25, -0.2) is 9.78 Å². The van der Waals surface area contributed by atoms with Gasteiger partial charge in [0.15, 0.2) is 0 Å². The van der Waals surface area contributed by atoms with Crippen LogP contribution in [0.5, 0.6) is 0 Å². The van der Waals surface area contributed by atoms with Gasteiger partial charge in [0, 0.05) is 35.4 Å². The Bertz CT molecular complexity index is 1600. The number of hydrogen-bond acceptors (Lipinski definition) is 3. The number of hydrogen-bond donors (Lipinski definition) is 2. The molecule has 186 valence electrons. The maximum Gasteiger partial charge on any atom is 0.418 e. The molecule has 0 bridgehead atoms. The Morgan fingerprint density at radius 3 is 2.35 bits per heavy atom. The number of pyridine rings is 1. The summed E-state index contributed by atoms with van der Waals surface area (Å²) in [5.74, 6) is 0.435. The molecule has 2 amide bonds. The number of urea groups is 1. The van der Waals surface area contributed by atoms with Crippen LogP contribution in [0, 0.1) is 13.8 Å². The van der Waals surface area contributed by atoms with E-state index in [2.05, 4.69) is 20.6 Å². The van der Waals surface area contributed by atoms with Gasteiger partial charge in [0.25, 0.3) is 0 Å². The van der Waals surface area contributed by atoms with Gasteiger partial charge >= 0.3 is 12.2 Å². The Kier molecular flexibility index (Phi) is 6.12. The predicted molar refractivity (Wildman–Crippen MR) is 138 cm³/mol. The molecule has 5 aromatic rings. The lowest BCUT2D eigenvalue weighted by molar-refractivity contribution is -0.137. The van der Waals surface area contributed by atoms with Crippen LogP contribution in [0.15, 0.2) is 85.3 Å². The molecule has 2 N–H and O–H groups in total. The normalized spacial score (nSPS) is 11.5. The average molecular weight is 502 g/mol. The van der Waals surface area contributed by atoms with Crippen molar-refractivity contribution in [2.24, 2.45) is 0 Å². The summed E-state index contributed by atoms with van der Waals surface area (Å²) in [5, 5.41) is 7.23. The van der Waals surface area contributed by atoms with E-state index in [1.807, 2.05) is 36.4 Å². The number of nitrogens with zero attached hydrogens (tertiary/aromatic N) is 3. The minimum Gasteiger partial charge on any atom is -0.308 e. The zero-order valence-electron chi connectivity index (χ0n) is 20.0. The van der Waals surface area contributed by atoms with Crippen molar-refractivity contribution in [3.8, 4) is 16.8 Å². The Labute approximate surface area is 210 Å². The molecule has 0 aliphatic heterocycles. The van der Waals surface area contributed by atoms with Crippen LogP contribution in [-0.4, -0.2) is 20.6 Å². The summed E-state index contributed by atoms with van der Waals surface area (Å²) in [6.45, 7) is 3.35. The summed E-state index contributed by atoms with van der Waals surface area (Å²) in [5.41, 5.74) is 2.18. The lowest BCUT2D eigenvalue weighted by Gasteiger charge is -2.17. The number of benzene rings is 3. The van der Waals surface area contributed by atoms with Crippen LogP contribution in [0.25, 0.3) is 27.6 Å². The monoisotopic (exact) mass is 501 g/mol. The van der Waals surface area contributed by atoms with Crippen molar-refractivity contribution in [3.05, 3.63) is 102 Å². The second-order valence-corrected chi connectivity index (χ2v) is 8.59. The lowest BCUT2D eigenvalue weighted by atomic mass is 9.99. The summed E-state index contributed by atoms with van der Waals surface area (Å²) < 4.78 is 42.9. The quantitative estimate of drug-likeness (QED) is 0.270.